The summed E-state index contributed by atoms with van der Waals surface area (Å²) in [6, 6.07) is 5.54. The Morgan fingerprint density at radius 2 is 1.96 bits per heavy atom. The van der Waals surface area contributed by atoms with Gasteiger partial charge in [0.15, 0.2) is 5.78 Å². The lowest BCUT2D eigenvalue weighted by Gasteiger charge is -2.33. The van der Waals surface area contributed by atoms with Crippen LogP contribution in [0.1, 0.15) is 36.8 Å². The third kappa shape index (κ3) is 3.29. The van der Waals surface area contributed by atoms with Gasteiger partial charge in [-0.1, -0.05) is 12.1 Å². The summed E-state index contributed by atoms with van der Waals surface area (Å²) in [5.74, 6) is -0.720. The van der Waals surface area contributed by atoms with Crippen LogP contribution in [-0.2, 0) is 15.0 Å². The van der Waals surface area contributed by atoms with E-state index in [2.05, 4.69) is 5.32 Å². The normalized spacial score (nSPS) is 19.4. The van der Waals surface area contributed by atoms with Gasteiger partial charge in [-0.05, 0) is 50.0 Å². The predicted molar refractivity (Wildman–Crippen MR) is 87.6 cm³/mol. The van der Waals surface area contributed by atoms with Crippen molar-refractivity contribution >= 4 is 17.4 Å². The van der Waals surface area contributed by atoms with E-state index in [9.17, 15) is 22.8 Å². The van der Waals surface area contributed by atoms with Crippen molar-refractivity contribution in [1.29, 1.82) is 0 Å². The molecule has 136 valence electrons. The number of nitrogens with zero attached hydrogens (tertiary/aromatic N) is 1. The SMILES string of the molecule is Cc1cccc2c1C1(CCNCC1)C(=O)N2CC(=O)CCC(F)(F)F. The first kappa shape index (κ1) is 17.9. The fourth-order valence-corrected chi connectivity index (χ4v) is 3.99. The van der Waals surface area contributed by atoms with E-state index in [0.29, 0.717) is 31.6 Å². The Balaban J connectivity index is 1.88. The molecule has 0 bridgehead atoms. The number of carbonyl (C=O) groups excluding carboxylic acids is 2. The highest BCUT2D eigenvalue weighted by molar-refractivity contribution is 6.11. The van der Waals surface area contributed by atoms with Gasteiger partial charge in [-0.15, -0.1) is 0 Å². The lowest BCUT2D eigenvalue weighted by Crippen LogP contribution is -2.48. The maximum atomic E-state index is 13.2. The third-order valence-corrected chi connectivity index (χ3v) is 5.15. The second kappa shape index (κ2) is 6.44. The third-order valence-electron chi connectivity index (χ3n) is 5.15. The number of amides is 1. The molecule has 2 aliphatic heterocycles. The Kier molecular flexibility index (Phi) is 4.62. The van der Waals surface area contributed by atoms with Crippen LogP contribution in [0.5, 0.6) is 0 Å². The number of carbonyl (C=O) groups is 2. The Hall–Kier alpha value is -1.89. The quantitative estimate of drug-likeness (QED) is 0.905. The zero-order valence-corrected chi connectivity index (χ0v) is 14.1. The number of benzene rings is 1. The van der Waals surface area contributed by atoms with E-state index in [4.69, 9.17) is 0 Å². The van der Waals surface area contributed by atoms with E-state index in [1.54, 1.807) is 6.07 Å². The van der Waals surface area contributed by atoms with Gasteiger partial charge in [0.05, 0.1) is 18.4 Å². The Labute approximate surface area is 144 Å². The number of hydrogen-bond donors (Lipinski definition) is 1. The Bertz CT molecular complexity index is 694. The van der Waals surface area contributed by atoms with Crippen LogP contribution in [0.2, 0.25) is 0 Å². The number of aryl methyl sites for hydroxylation is 1. The maximum Gasteiger partial charge on any atom is 0.389 e. The van der Waals surface area contributed by atoms with Crippen LogP contribution in [0.3, 0.4) is 0 Å². The molecule has 1 fully saturated rings. The molecule has 1 aromatic carbocycles. The van der Waals surface area contributed by atoms with Crippen LogP contribution in [-0.4, -0.2) is 37.5 Å². The molecule has 0 atom stereocenters. The molecule has 0 aliphatic carbocycles. The number of hydrogen-bond acceptors (Lipinski definition) is 3. The summed E-state index contributed by atoms with van der Waals surface area (Å²) in [5.41, 5.74) is 1.94. The molecule has 0 unspecified atom stereocenters. The molecule has 1 spiro atoms. The van der Waals surface area contributed by atoms with Crippen molar-refractivity contribution in [3.63, 3.8) is 0 Å². The largest absolute Gasteiger partial charge is 0.389 e. The van der Waals surface area contributed by atoms with Crippen molar-refractivity contribution < 1.29 is 22.8 Å². The smallest absolute Gasteiger partial charge is 0.317 e. The zero-order valence-electron chi connectivity index (χ0n) is 14.1. The van der Waals surface area contributed by atoms with Crippen LogP contribution in [0.15, 0.2) is 18.2 Å². The monoisotopic (exact) mass is 354 g/mol. The predicted octanol–water partition coefficient (Wildman–Crippen LogP) is 2.87. The molecule has 1 aromatic rings. The number of piperidine rings is 1. The summed E-state index contributed by atoms with van der Waals surface area (Å²) in [6.07, 6.45) is -4.84. The highest BCUT2D eigenvalue weighted by Gasteiger charge is 2.52. The van der Waals surface area contributed by atoms with Gasteiger partial charge in [-0.25, -0.2) is 0 Å². The molecule has 3 rings (SSSR count). The Morgan fingerprint density at radius 3 is 2.60 bits per heavy atom. The number of fused-ring (bicyclic) bond motifs is 2. The van der Waals surface area contributed by atoms with Crippen molar-refractivity contribution in [1.82, 2.24) is 5.32 Å². The number of Topliss-reactive ketones (excluding diaryl/α,β-unsaturated/α-hetero) is 1. The average Bonchev–Trinajstić information content (AvgIpc) is 2.77. The van der Waals surface area contributed by atoms with E-state index in [0.717, 1.165) is 11.1 Å². The van der Waals surface area contributed by atoms with E-state index in [1.165, 1.54) is 4.90 Å². The van der Waals surface area contributed by atoms with E-state index < -0.39 is 30.2 Å². The second-order valence-electron chi connectivity index (χ2n) is 6.85. The summed E-state index contributed by atoms with van der Waals surface area (Å²) < 4.78 is 37.0. The van der Waals surface area contributed by atoms with Gasteiger partial charge in [0.1, 0.15) is 0 Å². The topological polar surface area (TPSA) is 49.4 Å². The van der Waals surface area contributed by atoms with Gasteiger partial charge in [-0.2, -0.15) is 13.2 Å². The molecule has 2 heterocycles. The Morgan fingerprint density at radius 1 is 1.28 bits per heavy atom. The first-order chi connectivity index (χ1) is 11.7. The minimum atomic E-state index is -4.37. The van der Waals surface area contributed by atoms with Crippen LogP contribution < -0.4 is 10.2 Å². The van der Waals surface area contributed by atoms with Crippen molar-refractivity contribution in [2.24, 2.45) is 0 Å². The molecule has 7 heteroatoms. The highest BCUT2D eigenvalue weighted by Crippen LogP contribution is 2.48. The number of halogens is 3. The molecule has 0 aromatic heterocycles. The number of alkyl halides is 3. The van der Waals surface area contributed by atoms with Crippen molar-refractivity contribution in [2.75, 3.05) is 24.5 Å². The van der Waals surface area contributed by atoms with Gasteiger partial charge in [0.2, 0.25) is 5.91 Å². The zero-order chi connectivity index (χ0) is 18.2. The van der Waals surface area contributed by atoms with Crippen molar-refractivity contribution in [2.45, 2.75) is 44.2 Å². The van der Waals surface area contributed by atoms with Gasteiger partial charge >= 0.3 is 6.18 Å². The van der Waals surface area contributed by atoms with Gasteiger partial charge < -0.3 is 10.2 Å². The number of anilines is 1. The molecule has 1 amide bonds. The summed E-state index contributed by atoms with van der Waals surface area (Å²) in [4.78, 5) is 26.6. The number of ketones is 1. The van der Waals surface area contributed by atoms with E-state index in [-0.39, 0.29) is 12.5 Å². The lowest BCUT2D eigenvalue weighted by molar-refractivity contribution is -0.142. The molecule has 0 saturated carbocycles. The molecule has 0 radical (unpaired) electrons. The second-order valence-corrected chi connectivity index (χ2v) is 6.85. The minimum absolute atomic E-state index is 0.154. The number of nitrogens with one attached hydrogen (secondary N) is 1. The summed E-state index contributed by atoms with van der Waals surface area (Å²) in [5, 5.41) is 3.24. The molecule has 4 nitrogen and oxygen atoms in total. The van der Waals surface area contributed by atoms with Crippen LogP contribution >= 0.6 is 0 Å². The fourth-order valence-electron chi connectivity index (χ4n) is 3.99. The molecular formula is C18H21F3N2O2. The van der Waals surface area contributed by atoms with Crippen molar-refractivity contribution in [3.05, 3.63) is 29.3 Å². The van der Waals surface area contributed by atoms with Crippen LogP contribution in [0.25, 0.3) is 0 Å². The van der Waals surface area contributed by atoms with E-state index >= 15 is 0 Å². The molecule has 1 N–H and O–H groups in total. The van der Waals surface area contributed by atoms with Crippen LogP contribution in [0.4, 0.5) is 18.9 Å². The maximum absolute atomic E-state index is 13.2. The fraction of sp³-hybridized carbons (Fsp3) is 0.556. The van der Waals surface area contributed by atoms with E-state index in [1.807, 2.05) is 19.1 Å². The first-order valence-electron chi connectivity index (χ1n) is 8.46. The molecule has 1 saturated heterocycles. The average molecular weight is 354 g/mol. The van der Waals surface area contributed by atoms with Crippen LogP contribution in [0, 0.1) is 6.92 Å². The minimum Gasteiger partial charge on any atom is -0.317 e. The molecule has 2 aliphatic rings. The standard InChI is InChI=1S/C18H21F3N2O2/c1-12-3-2-4-14-15(12)17(7-9-22-10-8-17)16(25)23(14)11-13(24)5-6-18(19,20)21/h2-4,22H,5-11H2,1H3. The summed E-state index contributed by atoms with van der Waals surface area (Å²) in [6.45, 7) is 3.05. The number of rotatable bonds is 4. The van der Waals surface area contributed by atoms with Gasteiger partial charge in [0.25, 0.3) is 0 Å². The summed E-state index contributed by atoms with van der Waals surface area (Å²) >= 11 is 0. The molecular weight excluding hydrogens is 333 g/mol. The molecule has 25 heavy (non-hydrogen) atoms. The lowest BCUT2D eigenvalue weighted by atomic mass is 9.72. The summed E-state index contributed by atoms with van der Waals surface area (Å²) in [7, 11) is 0. The van der Waals surface area contributed by atoms with Crippen molar-refractivity contribution in [3.8, 4) is 0 Å². The highest BCUT2D eigenvalue weighted by atomic mass is 19.4. The van der Waals surface area contributed by atoms with Gasteiger partial charge in [0, 0.05) is 12.1 Å². The first-order valence-corrected chi connectivity index (χ1v) is 8.46. The van der Waals surface area contributed by atoms with Gasteiger partial charge in [-0.3, -0.25) is 9.59 Å².